The van der Waals surface area contributed by atoms with Gasteiger partial charge in [0.25, 0.3) is 0 Å². The topological polar surface area (TPSA) is 23.5 Å². The van der Waals surface area contributed by atoms with Gasteiger partial charge in [0.2, 0.25) is 0 Å². The maximum absolute atomic E-state index is 9.56. The Kier molecular flexibility index (Phi) is 4.41. The molecule has 100 valence electrons. The first-order valence-corrected chi connectivity index (χ1v) is 7.05. The van der Waals surface area contributed by atoms with Crippen molar-refractivity contribution in [3.63, 3.8) is 0 Å². The maximum Gasteiger partial charge on any atom is 0.0474 e. The molecule has 2 heteroatoms. The van der Waals surface area contributed by atoms with E-state index in [1.165, 1.54) is 42.6 Å². The van der Waals surface area contributed by atoms with Crippen molar-refractivity contribution >= 4 is 0 Å². The number of aliphatic hydroxyl groups excluding tert-OH is 1. The summed E-state index contributed by atoms with van der Waals surface area (Å²) < 4.78 is 0. The SMILES string of the molecule is Cc1ccc(C)c(C(C(C)CO)N2CCCC2)c1. The van der Waals surface area contributed by atoms with E-state index in [9.17, 15) is 5.11 Å². The molecule has 1 saturated heterocycles. The Hall–Kier alpha value is -0.860. The van der Waals surface area contributed by atoms with Crippen LogP contribution in [-0.4, -0.2) is 29.7 Å². The Labute approximate surface area is 111 Å². The molecule has 0 spiro atoms. The molecular formula is C16H25NO. The second-order valence-corrected chi connectivity index (χ2v) is 5.71. The zero-order chi connectivity index (χ0) is 13.1. The summed E-state index contributed by atoms with van der Waals surface area (Å²) in [5.41, 5.74) is 4.06. The molecule has 1 fully saturated rings. The summed E-state index contributed by atoms with van der Waals surface area (Å²) in [5, 5.41) is 9.56. The van der Waals surface area contributed by atoms with Gasteiger partial charge in [0, 0.05) is 12.6 Å². The van der Waals surface area contributed by atoms with Crippen molar-refractivity contribution < 1.29 is 5.11 Å². The molecule has 2 unspecified atom stereocenters. The summed E-state index contributed by atoms with van der Waals surface area (Å²) in [4.78, 5) is 2.54. The molecule has 1 aromatic rings. The lowest BCUT2D eigenvalue weighted by molar-refractivity contribution is 0.125. The van der Waals surface area contributed by atoms with E-state index in [1.54, 1.807) is 0 Å². The number of rotatable bonds is 4. The minimum absolute atomic E-state index is 0.258. The van der Waals surface area contributed by atoms with Crippen molar-refractivity contribution in [2.24, 2.45) is 5.92 Å². The van der Waals surface area contributed by atoms with Gasteiger partial charge in [0.15, 0.2) is 0 Å². The van der Waals surface area contributed by atoms with Crippen LogP contribution in [0.5, 0.6) is 0 Å². The minimum Gasteiger partial charge on any atom is -0.396 e. The number of aryl methyl sites for hydroxylation is 2. The molecule has 1 heterocycles. The Morgan fingerprint density at radius 2 is 1.89 bits per heavy atom. The molecule has 1 aliphatic rings. The second-order valence-electron chi connectivity index (χ2n) is 5.71. The summed E-state index contributed by atoms with van der Waals surface area (Å²) >= 11 is 0. The lowest BCUT2D eigenvalue weighted by Gasteiger charge is -2.33. The molecule has 18 heavy (non-hydrogen) atoms. The molecule has 2 nitrogen and oxygen atoms in total. The molecular weight excluding hydrogens is 222 g/mol. The van der Waals surface area contributed by atoms with E-state index in [4.69, 9.17) is 0 Å². The minimum atomic E-state index is 0.258. The number of likely N-dealkylation sites (tertiary alicyclic amines) is 1. The van der Waals surface area contributed by atoms with Crippen molar-refractivity contribution in [2.75, 3.05) is 19.7 Å². The van der Waals surface area contributed by atoms with Gasteiger partial charge in [-0.1, -0.05) is 30.7 Å². The molecule has 2 rings (SSSR count). The fourth-order valence-electron chi connectivity index (χ4n) is 3.06. The third-order valence-electron chi connectivity index (χ3n) is 4.11. The molecule has 0 aromatic heterocycles. The Morgan fingerprint density at radius 1 is 1.22 bits per heavy atom. The van der Waals surface area contributed by atoms with Crippen LogP contribution in [0.25, 0.3) is 0 Å². The average Bonchev–Trinajstić information content (AvgIpc) is 2.87. The van der Waals surface area contributed by atoms with Gasteiger partial charge >= 0.3 is 0 Å². The maximum atomic E-state index is 9.56. The number of benzene rings is 1. The van der Waals surface area contributed by atoms with E-state index in [-0.39, 0.29) is 6.61 Å². The fourth-order valence-corrected chi connectivity index (χ4v) is 3.06. The number of hydrogen-bond donors (Lipinski definition) is 1. The van der Waals surface area contributed by atoms with Crippen molar-refractivity contribution in [3.8, 4) is 0 Å². The van der Waals surface area contributed by atoms with Gasteiger partial charge in [0.1, 0.15) is 0 Å². The summed E-state index contributed by atoms with van der Waals surface area (Å²) in [7, 11) is 0. The Balaban J connectivity index is 2.35. The zero-order valence-corrected chi connectivity index (χ0v) is 11.8. The van der Waals surface area contributed by atoms with Gasteiger partial charge in [0.05, 0.1) is 0 Å². The van der Waals surface area contributed by atoms with E-state index in [1.807, 2.05) is 0 Å². The Bertz CT molecular complexity index is 396. The molecule has 0 aliphatic carbocycles. The molecule has 1 aliphatic heterocycles. The normalized spacial score (nSPS) is 20.0. The van der Waals surface area contributed by atoms with Gasteiger partial charge in [-0.15, -0.1) is 0 Å². The van der Waals surface area contributed by atoms with Crippen LogP contribution < -0.4 is 0 Å². The monoisotopic (exact) mass is 247 g/mol. The lowest BCUT2D eigenvalue weighted by atomic mass is 9.89. The van der Waals surface area contributed by atoms with Crippen LogP contribution in [0.2, 0.25) is 0 Å². The van der Waals surface area contributed by atoms with E-state index in [0.29, 0.717) is 12.0 Å². The third-order valence-corrected chi connectivity index (χ3v) is 4.11. The van der Waals surface area contributed by atoms with Crippen molar-refractivity contribution in [3.05, 3.63) is 34.9 Å². The fraction of sp³-hybridized carbons (Fsp3) is 0.625. The van der Waals surface area contributed by atoms with Crippen molar-refractivity contribution in [1.29, 1.82) is 0 Å². The number of aliphatic hydroxyl groups is 1. The van der Waals surface area contributed by atoms with E-state index in [2.05, 4.69) is 43.9 Å². The molecule has 0 saturated carbocycles. The third kappa shape index (κ3) is 2.76. The number of hydrogen-bond acceptors (Lipinski definition) is 2. The van der Waals surface area contributed by atoms with Gasteiger partial charge in [-0.25, -0.2) is 0 Å². The van der Waals surface area contributed by atoms with Gasteiger partial charge in [-0.3, -0.25) is 4.90 Å². The summed E-state index contributed by atoms with van der Waals surface area (Å²) in [6.07, 6.45) is 2.58. The first kappa shape index (κ1) is 13.6. The van der Waals surface area contributed by atoms with E-state index in [0.717, 1.165) is 0 Å². The van der Waals surface area contributed by atoms with E-state index >= 15 is 0 Å². The highest BCUT2D eigenvalue weighted by atomic mass is 16.3. The highest BCUT2D eigenvalue weighted by Crippen LogP contribution is 2.33. The number of nitrogens with zero attached hydrogens (tertiary/aromatic N) is 1. The lowest BCUT2D eigenvalue weighted by Crippen LogP contribution is -2.32. The predicted molar refractivity (Wildman–Crippen MR) is 75.7 cm³/mol. The van der Waals surface area contributed by atoms with E-state index < -0.39 is 0 Å². The molecule has 1 N–H and O–H groups in total. The van der Waals surface area contributed by atoms with Crippen molar-refractivity contribution in [1.82, 2.24) is 4.90 Å². The molecule has 0 radical (unpaired) electrons. The van der Waals surface area contributed by atoms with Crippen LogP contribution in [0.4, 0.5) is 0 Å². The molecule has 1 aromatic carbocycles. The predicted octanol–water partition coefficient (Wildman–Crippen LogP) is 3.07. The van der Waals surface area contributed by atoms with Crippen LogP contribution in [0.3, 0.4) is 0 Å². The van der Waals surface area contributed by atoms with Crippen LogP contribution in [-0.2, 0) is 0 Å². The van der Waals surface area contributed by atoms with Crippen LogP contribution in [0.1, 0.15) is 42.5 Å². The highest BCUT2D eigenvalue weighted by Gasteiger charge is 2.28. The standard InChI is InChI=1S/C16H25NO/c1-12-6-7-13(2)15(10-12)16(14(3)11-18)17-8-4-5-9-17/h6-7,10,14,16,18H,4-5,8-9,11H2,1-3H3. The first-order valence-electron chi connectivity index (χ1n) is 7.05. The summed E-state index contributed by atoms with van der Waals surface area (Å²) in [5.74, 6) is 0.295. The van der Waals surface area contributed by atoms with Gasteiger partial charge in [-0.2, -0.15) is 0 Å². The van der Waals surface area contributed by atoms with Gasteiger partial charge < -0.3 is 5.11 Å². The zero-order valence-electron chi connectivity index (χ0n) is 11.8. The van der Waals surface area contributed by atoms with Crippen molar-refractivity contribution in [2.45, 2.75) is 39.7 Å². The average molecular weight is 247 g/mol. The smallest absolute Gasteiger partial charge is 0.0474 e. The van der Waals surface area contributed by atoms with Gasteiger partial charge in [-0.05, 0) is 56.8 Å². The first-order chi connectivity index (χ1) is 8.63. The Morgan fingerprint density at radius 3 is 2.50 bits per heavy atom. The highest BCUT2D eigenvalue weighted by molar-refractivity contribution is 5.33. The molecule has 2 atom stereocenters. The second kappa shape index (κ2) is 5.85. The quantitative estimate of drug-likeness (QED) is 0.884. The molecule has 0 amide bonds. The van der Waals surface area contributed by atoms with Crippen LogP contribution in [0, 0.1) is 19.8 Å². The summed E-state index contributed by atoms with van der Waals surface area (Å²) in [6, 6.07) is 7.05. The summed E-state index contributed by atoms with van der Waals surface area (Å²) in [6.45, 7) is 9.08. The van der Waals surface area contributed by atoms with Crippen LogP contribution >= 0.6 is 0 Å². The molecule has 0 bridgehead atoms. The largest absolute Gasteiger partial charge is 0.396 e. The van der Waals surface area contributed by atoms with Crippen LogP contribution in [0.15, 0.2) is 18.2 Å².